The summed E-state index contributed by atoms with van der Waals surface area (Å²) in [5, 5.41) is 0. The molecule has 0 heterocycles. The van der Waals surface area contributed by atoms with E-state index in [0.29, 0.717) is 0 Å². The molecule has 0 amide bonds. The van der Waals surface area contributed by atoms with Crippen molar-refractivity contribution in [2.75, 3.05) is 0 Å². The third kappa shape index (κ3) is 3.84. The summed E-state index contributed by atoms with van der Waals surface area (Å²) in [7, 11) is 0. The van der Waals surface area contributed by atoms with E-state index < -0.39 is 0 Å². The van der Waals surface area contributed by atoms with Gasteiger partial charge in [0.1, 0.15) is 5.75 Å². The van der Waals surface area contributed by atoms with Crippen LogP contribution in [0.15, 0.2) is 48.5 Å². The summed E-state index contributed by atoms with van der Waals surface area (Å²) >= 11 is 0. The Morgan fingerprint density at radius 1 is 0.950 bits per heavy atom. The quantitative estimate of drug-likeness (QED) is 0.889. The van der Waals surface area contributed by atoms with Crippen LogP contribution in [0.1, 0.15) is 26.3 Å². The molecule has 0 bridgehead atoms. The van der Waals surface area contributed by atoms with Crippen molar-refractivity contribution in [3.05, 3.63) is 54.1 Å². The molecule has 0 aliphatic heterocycles. The Morgan fingerprint density at radius 2 is 1.60 bits per heavy atom. The molecule has 0 aromatic heterocycles. The molecule has 1 atom stereocenters. The SMILES string of the molecule is CC(N)Cc1ccc(-c2ccccc2OC(C)C)cc1. The van der Waals surface area contributed by atoms with Gasteiger partial charge in [-0.15, -0.1) is 0 Å². The molecular formula is C18H23NO. The Hall–Kier alpha value is -1.80. The van der Waals surface area contributed by atoms with Crippen molar-refractivity contribution in [3.63, 3.8) is 0 Å². The number of benzene rings is 2. The molecule has 0 fully saturated rings. The molecule has 0 radical (unpaired) electrons. The topological polar surface area (TPSA) is 35.2 Å². The summed E-state index contributed by atoms with van der Waals surface area (Å²) in [4.78, 5) is 0. The number of rotatable bonds is 5. The van der Waals surface area contributed by atoms with Crippen LogP contribution < -0.4 is 10.5 Å². The van der Waals surface area contributed by atoms with Gasteiger partial charge in [-0.1, -0.05) is 42.5 Å². The van der Waals surface area contributed by atoms with Gasteiger partial charge in [0.2, 0.25) is 0 Å². The summed E-state index contributed by atoms with van der Waals surface area (Å²) in [5.74, 6) is 0.933. The lowest BCUT2D eigenvalue weighted by Gasteiger charge is -2.14. The molecule has 0 spiro atoms. The first-order chi connectivity index (χ1) is 9.56. The fraction of sp³-hybridized carbons (Fsp3) is 0.333. The molecule has 2 aromatic rings. The van der Waals surface area contributed by atoms with Crippen molar-refractivity contribution in [2.24, 2.45) is 5.73 Å². The lowest BCUT2D eigenvalue weighted by molar-refractivity contribution is 0.243. The van der Waals surface area contributed by atoms with Crippen LogP contribution in [0.4, 0.5) is 0 Å². The average Bonchev–Trinajstić information content (AvgIpc) is 2.39. The maximum Gasteiger partial charge on any atom is 0.127 e. The molecule has 0 aliphatic rings. The average molecular weight is 269 g/mol. The lowest BCUT2D eigenvalue weighted by Crippen LogP contribution is -2.17. The van der Waals surface area contributed by atoms with Gasteiger partial charge in [0, 0.05) is 11.6 Å². The lowest BCUT2D eigenvalue weighted by atomic mass is 10.0. The third-order valence-electron chi connectivity index (χ3n) is 3.07. The minimum atomic E-state index is 0.175. The van der Waals surface area contributed by atoms with Crippen LogP contribution in [0.5, 0.6) is 5.75 Å². The van der Waals surface area contributed by atoms with Gasteiger partial charge in [-0.3, -0.25) is 0 Å². The van der Waals surface area contributed by atoms with Crippen molar-refractivity contribution < 1.29 is 4.74 Å². The van der Waals surface area contributed by atoms with Crippen molar-refractivity contribution in [1.29, 1.82) is 0 Å². The number of hydrogen-bond acceptors (Lipinski definition) is 2. The Balaban J connectivity index is 2.27. The van der Waals surface area contributed by atoms with Crippen LogP contribution >= 0.6 is 0 Å². The molecule has 0 saturated heterocycles. The number of hydrogen-bond donors (Lipinski definition) is 1. The molecule has 2 nitrogen and oxygen atoms in total. The van der Waals surface area contributed by atoms with Gasteiger partial charge in [-0.05, 0) is 44.4 Å². The van der Waals surface area contributed by atoms with Crippen LogP contribution in [-0.2, 0) is 6.42 Å². The van der Waals surface area contributed by atoms with E-state index in [9.17, 15) is 0 Å². The van der Waals surface area contributed by atoms with E-state index in [4.69, 9.17) is 10.5 Å². The normalized spacial score (nSPS) is 12.4. The van der Waals surface area contributed by atoms with Gasteiger partial charge in [-0.25, -0.2) is 0 Å². The van der Waals surface area contributed by atoms with Gasteiger partial charge < -0.3 is 10.5 Å². The highest BCUT2D eigenvalue weighted by Gasteiger charge is 2.07. The zero-order chi connectivity index (χ0) is 14.5. The minimum absolute atomic E-state index is 0.175. The zero-order valence-electron chi connectivity index (χ0n) is 12.5. The van der Waals surface area contributed by atoms with E-state index in [2.05, 4.69) is 30.3 Å². The maximum atomic E-state index is 5.87. The second kappa shape index (κ2) is 6.58. The highest BCUT2D eigenvalue weighted by Crippen LogP contribution is 2.30. The molecule has 1 unspecified atom stereocenters. The van der Waals surface area contributed by atoms with Crippen molar-refractivity contribution in [2.45, 2.75) is 39.3 Å². The van der Waals surface area contributed by atoms with Crippen LogP contribution in [-0.4, -0.2) is 12.1 Å². The first-order valence-corrected chi connectivity index (χ1v) is 7.17. The van der Waals surface area contributed by atoms with Gasteiger partial charge in [0.15, 0.2) is 0 Å². The summed E-state index contributed by atoms with van der Waals surface area (Å²) in [5.41, 5.74) is 9.41. The molecular weight excluding hydrogens is 246 g/mol. The van der Waals surface area contributed by atoms with Gasteiger partial charge in [0.05, 0.1) is 6.10 Å². The fourth-order valence-corrected chi connectivity index (χ4v) is 2.25. The molecule has 0 aliphatic carbocycles. The van der Waals surface area contributed by atoms with Crippen molar-refractivity contribution in [1.82, 2.24) is 0 Å². The van der Waals surface area contributed by atoms with E-state index in [0.717, 1.165) is 17.7 Å². The predicted octanol–water partition coefficient (Wildman–Crippen LogP) is 4.03. The van der Waals surface area contributed by atoms with Crippen LogP contribution in [0.3, 0.4) is 0 Å². The molecule has 2 N–H and O–H groups in total. The van der Waals surface area contributed by atoms with Gasteiger partial charge in [-0.2, -0.15) is 0 Å². The summed E-state index contributed by atoms with van der Waals surface area (Å²) in [6.07, 6.45) is 1.08. The highest BCUT2D eigenvalue weighted by atomic mass is 16.5. The second-order valence-corrected chi connectivity index (χ2v) is 5.54. The highest BCUT2D eigenvalue weighted by molar-refractivity contribution is 5.70. The van der Waals surface area contributed by atoms with E-state index in [-0.39, 0.29) is 12.1 Å². The Morgan fingerprint density at radius 3 is 2.20 bits per heavy atom. The fourth-order valence-electron chi connectivity index (χ4n) is 2.25. The Labute approximate surface area is 121 Å². The minimum Gasteiger partial charge on any atom is -0.490 e. The first-order valence-electron chi connectivity index (χ1n) is 7.17. The molecule has 106 valence electrons. The molecule has 0 saturated carbocycles. The standard InChI is InChI=1S/C18H23NO/c1-13(2)20-18-7-5-4-6-17(18)16-10-8-15(9-11-16)12-14(3)19/h4-11,13-14H,12,19H2,1-3H3. The Kier molecular flexibility index (Phi) is 4.80. The van der Waals surface area contributed by atoms with Crippen LogP contribution in [0.2, 0.25) is 0 Å². The summed E-state index contributed by atoms with van der Waals surface area (Å²) < 4.78 is 5.87. The monoisotopic (exact) mass is 269 g/mol. The summed E-state index contributed by atoms with van der Waals surface area (Å²) in [6.45, 7) is 6.12. The van der Waals surface area contributed by atoms with Gasteiger partial charge >= 0.3 is 0 Å². The Bertz CT molecular complexity index is 544. The number of nitrogens with two attached hydrogens (primary N) is 1. The van der Waals surface area contributed by atoms with Gasteiger partial charge in [0.25, 0.3) is 0 Å². The van der Waals surface area contributed by atoms with Crippen molar-refractivity contribution >= 4 is 0 Å². The summed E-state index contributed by atoms with van der Waals surface area (Å²) in [6, 6.07) is 16.9. The second-order valence-electron chi connectivity index (χ2n) is 5.54. The predicted molar refractivity (Wildman–Crippen MR) is 85.0 cm³/mol. The van der Waals surface area contributed by atoms with E-state index >= 15 is 0 Å². The molecule has 2 aromatic carbocycles. The smallest absolute Gasteiger partial charge is 0.127 e. The molecule has 2 rings (SSSR count). The number of ether oxygens (including phenoxy) is 1. The van der Waals surface area contributed by atoms with E-state index in [1.165, 1.54) is 11.1 Å². The third-order valence-corrected chi connectivity index (χ3v) is 3.07. The largest absolute Gasteiger partial charge is 0.490 e. The van der Waals surface area contributed by atoms with E-state index in [1.807, 2.05) is 39.0 Å². The first kappa shape index (κ1) is 14.6. The van der Waals surface area contributed by atoms with Crippen LogP contribution in [0, 0.1) is 0 Å². The zero-order valence-corrected chi connectivity index (χ0v) is 12.5. The molecule has 20 heavy (non-hydrogen) atoms. The maximum absolute atomic E-state index is 5.87. The van der Waals surface area contributed by atoms with Crippen LogP contribution in [0.25, 0.3) is 11.1 Å². The number of para-hydroxylation sites is 1. The van der Waals surface area contributed by atoms with E-state index in [1.54, 1.807) is 0 Å². The van der Waals surface area contributed by atoms with Crippen molar-refractivity contribution in [3.8, 4) is 16.9 Å². The molecule has 2 heteroatoms.